The molecule has 1 amide bonds. The fourth-order valence-electron chi connectivity index (χ4n) is 2.89. The molecule has 170 valence electrons. The Labute approximate surface area is 184 Å². The van der Waals surface area contributed by atoms with Crippen LogP contribution >= 0.6 is 11.6 Å². The van der Waals surface area contributed by atoms with Crippen molar-refractivity contribution in [2.45, 2.75) is 24.9 Å². The molecule has 2 rings (SSSR count). The van der Waals surface area contributed by atoms with Crippen LogP contribution in [0.4, 0.5) is 24.5 Å². The van der Waals surface area contributed by atoms with E-state index in [1.807, 2.05) is 13.8 Å². The normalized spacial score (nSPS) is 12.2. The monoisotopic (exact) mass is 477 g/mol. The summed E-state index contributed by atoms with van der Waals surface area (Å²) in [6, 6.07) is 6.68. The van der Waals surface area contributed by atoms with E-state index in [2.05, 4.69) is 5.32 Å². The van der Waals surface area contributed by atoms with Gasteiger partial charge in [-0.2, -0.15) is 13.2 Å². The first-order valence-electron chi connectivity index (χ1n) is 9.32. The maximum atomic E-state index is 13.2. The van der Waals surface area contributed by atoms with E-state index < -0.39 is 27.7 Å². The summed E-state index contributed by atoms with van der Waals surface area (Å²) in [7, 11) is -1.17. The maximum absolute atomic E-state index is 13.2. The molecule has 0 spiro atoms. The zero-order valence-electron chi connectivity index (χ0n) is 17.4. The molecule has 0 atom stereocenters. The van der Waals surface area contributed by atoms with Gasteiger partial charge >= 0.3 is 6.18 Å². The minimum Gasteiger partial charge on any atom is -0.370 e. The average molecular weight is 478 g/mol. The number of benzene rings is 2. The highest BCUT2D eigenvalue weighted by Gasteiger charge is 2.32. The van der Waals surface area contributed by atoms with E-state index in [0.29, 0.717) is 18.8 Å². The largest absolute Gasteiger partial charge is 0.416 e. The minimum atomic E-state index is -4.60. The van der Waals surface area contributed by atoms with Gasteiger partial charge in [-0.1, -0.05) is 11.6 Å². The number of rotatable bonds is 7. The Morgan fingerprint density at radius 2 is 1.68 bits per heavy atom. The van der Waals surface area contributed by atoms with E-state index in [0.717, 1.165) is 22.5 Å². The molecular weight excluding hydrogens is 455 g/mol. The van der Waals surface area contributed by atoms with Crippen molar-refractivity contribution >= 4 is 38.9 Å². The molecule has 0 saturated heterocycles. The second-order valence-corrected chi connectivity index (χ2v) is 9.34. The molecule has 0 heterocycles. The summed E-state index contributed by atoms with van der Waals surface area (Å²) >= 11 is 6.09. The van der Waals surface area contributed by atoms with Gasteiger partial charge in [-0.05, 0) is 50.2 Å². The Morgan fingerprint density at radius 3 is 2.19 bits per heavy atom. The number of anilines is 2. The number of halogens is 4. The number of carbonyl (C=O) groups excluding carboxylic acids is 1. The molecule has 0 aliphatic carbocycles. The maximum Gasteiger partial charge on any atom is 0.416 e. The van der Waals surface area contributed by atoms with Gasteiger partial charge in [0, 0.05) is 27.2 Å². The molecule has 0 aromatic heterocycles. The number of carbonyl (C=O) groups is 1. The van der Waals surface area contributed by atoms with Crippen molar-refractivity contribution in [2.24, 2.45) is 0 Å². The van der Waals surface area contributed by atoms with Crippen molar-refractivity contribution in [3.63, 3.8) is 0 Å². The lowest BCUT2D eigenvalue weighted by atomic mass is 10.1. The van der Waals surface area contributed by atoms with Crippen molar-refractivity contribution in [1.29, 1.82) is 0 Å². The number of hydrogen-bond donors (Lipinski definition) is 1. The zero-order valence-corrected chi connectivity index (χ0v) is 19.0. The van der Waals surface area contributed by atoms with Crippen molar-refractivity contribution in [3.8, 4) is 0 Å². The predicted octanol–water partition coefficient (Wildman–Crippen LogP) is 4.71. The van der Waals surface area contributed by atoms with Gasteiger partial charge in [0.05, 0.1) is 32.4 Å². The molecule has 11 heteroatoms. The molecule has 0 aliphatic heterocycles. The van der Waals surface area contributed by atoms with Gasteiger partial charge in [0.2, 0.25) is 10.0 Å². The van der Waals surface area contributed by atoms with Crippen LogP contribution in [0.15, 0.2) is 41.3 Å². The standard InChI is InChI=1S/C20H23ClF3N3O3S/c1-5-27(6-2)18-10-7-13(20(22,23)24)11-17(18)25-19(28)15-12-14(8-9-16(15)21)31(29,30)26(3)4/h7-12H,5-6H2,1-4H3,(H,25,28). The first kappa shape index (κ1) is 25.0. The molecule has 0 bridgehead atoms. The Hall–Kier alpha value is -2.30. The number of nitrogens with one attached hydrogen (secondary N) is 1. The lowest BCUT2D eigenvalue weighted by Gasteiger charge is -2.25. The Kier molecular flexibility index (Phi) is 7.61. The van der Waals surface area contributed by atoms with Gasteiger partial charge in [-0.15, -0.1) is 0 Å². The number of nitrogens with zero attached hydrogens (tertiary/aromatic N) is 2. The van der Waals surface area contributed by atoms with Crippen LogP contribution in [0, 0.1) is 0 Å². The summed E-state index contributed by atoms with van der Waals surface area (Å²) in [4.78, 5) is 14.5. The highest BCUT2D eigenvalue weighted by molar-refractivity contribution is 7.89. The Morgan fingerprint density at radius 1 is 1.06 bits per heavy atom. The lowest BCUT2D eigenvalue weighted by molar-refractivity contribution is -0.137. The molecule has 31 heavy (non-hydrogen) atoms. The first-order chi connectivity index (χ1) is 14.3. The van der Waals surface area contributed by atoms with Gasteiger partial charge in [-0.25, -0.2) is 12.7 Å². The van der Waals surface area contributed by atoms with Crippen LogP contribution < -0.4 is 10.2 Å². The average Bonchev–Trinajstić information content (AvgIpc) is 2.69. The summed E-state index contributed by atoms with van der Waals surface area (Å²) in [6.45, 7) is 4.67. The van der Waals surface area contributed by atoms with Gasteiger partial charge in [-0.3, -0.25) is 4.79 Å². The third-order valence-electron chi connectivity index (χ3n) is 4.64. The SMILES string of the molecule is CCN(CC)c1ccc(C(F)(F)F)cc1NC(=O)c1cc(S(=O)(=O)N(C)C)ccc1Cl. The molecule has 0 radical (unpaired) electrons. The third kappa shape index (κ3) is 5.50. The van der Waals surface area contributed by atoms with Crippen LogP contribution in [0.1, 0.15) is 29.8 Å². The minimum absolute atomic E-state index is 0.0356. The van der Waals surface area contributed by atoms with Gasteiger partial charge in [0.25, 0.3) is 5.91 Å². The molecular formula is C20H23ClF3N3O3S. The predicted molar refractivity (Wildman–Crippen MR) is 115 cm³/mol. The molecule has 0 unspecified atom stereocenters. The van der Waals surface area contributed by atoms with E-state index in [9.17, 15) is 26.4 Å². The third-order valence-corrected chi connectivity index (χ3v) is 6.78. The quantitative estimate of drug-likeness (QED) is 0.627. The smallest absolute Gasteiger partial charge is 0.370 e. The second kappa shape index (κ2) is 9.46. The van der Waals surface area contributed by atoms with E-state index in [-0.39, 0.29) is 21.2 Å². The van der Waals surface area contributed by atoms with Crippen molar-refractivity contribution in [2.75, 3.05) is 37.4 Å². The highest BCUT2D eigenvalue weighted by atomic mass is 35.5. The second-order valence-electron chi connectivity index (χ2n) is 6.79. The van der Waals surface area contributed by atoms with Crippen LogP contribution in [0.2, 0.25) is 5.02 Å². The number of amides is 1. The molecule has 2 aromatic carbocycles. The summed E-state index contributed by atoms with van der Waals surface area (Å²) in [5.41, 5.74) is -0.749. The lowest BCUT2D eigenvalue weighted by Crippen LogP contribution is -2.25. The fourth-order valence-corrected chi connectivity index (χ4v) is 4.02. The molecule has 0 fully saturated rings. The molecule has 0 saturated carbocycles. The van der Waals surface area contributed by atoms with Crippen molar-refractivity contribution < 1.29 is 26.4 Å². The topological polar surface area (TPSA) is 69.7 Å². The molecule has 6 nitrogen and oxygen atoms in total. The number of sulfonamides is 1. The summed E-state index contributed by atoms with van der Waals surface area (Å²) in [6.07, 6.45) is -4.60. The molecule has 2 aromatic rings. The number of hydrogen-bond acceptors (Lipinski definition) is 4. The van der Waals surface area contributed by atoms with Crippen LogP contribution in [0.3, 0.4) is 0 Å². The van der Waals surface area contributed by atoms with Crippen LogP contribution in [-0.4, -0.2) is 45.8 Å². The van der Waals surface area contributed by atoms with E-state index in [4.69, 9.17) is 11.6 Å². The number of alkyl halides is 3. The summed E-state index contributed by atoms with van der Waals surface area (Å²) in [5, 5.41) is 2.43. The van der Waals surface area contributed by atoms with Crippen LogP contribution in [0.25, 0.3) is 0 Å². The Balaban J connectivity index is 2.54. The van der Waals surface area contributed by atoms with Gasteiger partial charge < -0.3 is 10.2 Å². The van der Waals surface area contributed by atoms with Crippen LogP contribution in [-0.2, 0) is 16.2 Å². The van der Waals surface area contributed by atoms with E-state index >= 15 is 0 Å². The van der Waals surface area contributed by atoms with Gasteiger partial charge in [0.15, 0.2) is 0 Å². The summed E-state index contributed by atoms with van der Waals surface area (Å²) in [5.74, 6) is -0.825. The van der Waals surface area contributed by atoms with E-state index in [1.165, 1.54) is 32.3 Å². The summed E-state index contributed by atoms with van der Waals surface area (Å²) < 4.78 is 65.4. The van der Waals surface area contributed by atoms with Crippen LogP contribution in [0.5, 0.6) is 0 Å². The van der Waals surface area contributed by atoms with E-state index in [1.54, 1.807) is 4.90 Å². The fraction of sp³-hybridized carbons (Fsp3) is 0.350. The van der Waals surface area contributed by atoms with Crippen molar-refractivity contribution in [3.05, 3.63) is 52.5 Å². The molecule has 1 N–H and O–H groups in total. The molecule has 0 aliphatic rings. The zero-order chi connectivity index (χ0) is 23.6. The van der Waals surface area contributed by atoms with Crippen molar-refractivity contribution in [1.82, 2.24) is 4.31 Å². The van der Waals surface area contributed by atoms with Gasteiger partial charge in [0.1, 0.15) is 0 Å². The Bertz CT molecular complexity index is 1070. The highest BCUT2D eigenvalue weighted by Crippen LogP contribution is 2.36. The first-order valence-corrected chi connectivity index (χ1v) is 11.1.